The molecule has 0 bridgehead atoms. The molecule has 2 N–H and O–H groups in total. The fourth-order valence-corrected chi connectivity index (χ4v) is 1.05. The number of nitrogens with one attached hydrogen (secondary N) is 2. The summed E-state index contributed by atoms with van der Waals surface area (Å²) in [7, 11) is 1.81. The van der Waals surface area contributed by atoms with Gasteiger partial charge < -0.3 is 5.32 Å². The van der Waals surface area contributed by atoms with Gasteiger partial charge in [0.25, 0.3) is 0 Å². The summed E-state index contributed by atoms with van der Waals surface area (Å²) in [6.45, 7) is 4.74. The van der Waals surface area contributed by atoms with Gasteiger partial charge in [0.2, 0.25) is 0 Å². The lowest BCUT2D eigenvalue weighted by molar-refractivity contribution is 0.213. The average Bonchev–Trinajstić information content (AvgIpc) is 2.21. The van der Waals surface area contributed by atoms with Crippen LogP contribution >= 0.6 is 0 Å². The van der Waals surface area contributed by atoms with E-state index in [-0.39, 0.29) is 6.03 Å². The van der Waals surface area contributed by atoms with E-state index in [0.717, 1.165) is 12.2 Å². The molecule has 0 aromatic heterocycles. The molecule has 0 aliphatic carbocycles. The van der Waals surface area contributed by atoms with Crippen LogP contribution in [-0.2, 0) is 0 Å². The molecule has 2 amide bonds. The van der Waals surface area contributed by atoms with Crippen LogP contribution in [0.5, 0.6) is 0 Å². The van der Waals surface area contributed by atoms with Crippen molar-refractivity contribution in [2.75, 3.05) is 18.9 Å². The molecule has 0 saturated heterocycles. The molecule has 0 heterocycles. The molecule has 1 aromatic carbocycles. The standard InChI is InChI=1S/C11H17N3O/c1-4-14(3)13-11(15)12-10-7-5-9(2)6-8-10/h5-8H,4H2,1-3H3,(H2,12,13,15). The summed E-state index contributed by atoms with van der Waals surface area (Å²) in [6, 6.07) is 7.45. The first-order valence-corrected chi connectivity index (χ1v) is 4.97. The van der Waals surface area contributed by atoms with Crippen LogP contribution in [0.15, 0.2) is 24.3 Å². The second kappa shape index (κ2) is 5.36. The zero-order valence-corrected chi connectivity index (χ0v) is 9.37. The van der Waals surface area contributed by atoms with Crippen LogP contribution in [0.4, 0.5) is 10.5 Å². The topological polar surface area (TPSA) is 44.4 Å². The Kier molecular flexibility index (Phi) is 4.12. The third kappa shape index (κ3) is 3.99. The minimum absolute atomic E-state index is 0.219. The molecule has 0 unspecified atom stereocenters. The van der Waals surface area contributed by atoms with E-state index < -0.39 is 0 Å². The smallest absolute Gasteiger partial charge is 0.307 e. The fourth-order valence-electron chi connectivity index (χ4n) is 1.05. The number of carbonyl (C=O) groups is 1. The molecule has 4 heteroatoms. The van der Waals surface area contributed by atoms with Gasteiger partial charge in [-0.1, -0.05) is 24.6 Å². The highest BCUT2D eigenvalue weighted by Crippen LogP contribution is 2.07. The molecular formula is C11H17N3O. The number of carbonyl (C=O) groups excluding carboxylic acids is 1. The Morgan fingerprint density at radius 1 is 1.33 bits per heavy atom. The number of rotatable bonds is 3. The minimum Gasteiger partial charge on any atom is -0.307 e. The van der Waals surface area contributed by atoms with Gasteiger partial charge in [0.1, 0.15) is 0 Å². The molecule has 0 fully saturated rings. The summed E-state index contributed by atoms with van der Waals surface area (Å²) in [5, 5.41) is 4.45. The van der Waals surface area contributed by atoms with Crippen LogP contribution in [0.1, 0.15) is 12.5 Å². The van der Waals surface area contributed by atoms with Crippen molar-refractivity contribution in [1.29, 1.82) is 0 Å². The second-order valence-corrected chi connectivity index (χ2v) is 3.45. The largest absolute Gasteiger partial charge is 0.333 e. The van der Waals surface area contributed by atoms with Gasteiger partial charge in [-0.2, -0.15) is 0 Å². The average molecular weight is 207 g/mol. The van der Waals surface area contributed by atoms with E-state index in [2.05, 4.69) is 10.7 Å². The number of aryl methyl sites for hydroxylation is 1. The van der Waals surface area contributed by atoms with Gasteiger partial charge in [-0.05, 0) is 19.1 Å². The monoisotopic (exact) mass is 207 g/mol. The Bertz CT molecular complexity index is 321. The van der Waals surface area contributed by atoms with Crippen molar-refractivity contribution >= 4 is 11.7 Å². The molecule has 82 valence electrons. The Hall–Kier alpha value is -1.55. The number of nitrogens with zero attached hydrogens (tertiary/aromatic N) is 1. The van der Waals surface area contributed by atoms with Crippen molar-refractivity contribution in [3.63, 3.8) is 0 Å². The first kappa shape index (κ1) is 11.5. The molecule has 0 aliphatic rings. The van der Waals surface area contributed by atoms with Crippen molar-refractivity contribution in [2.45, 2.75) is 13.8 Å². The third-order valence-electron chi connectivity index (χ3n) is 2.08. The van der Waals surface area contributed by atoms with E-state index in [1.54, 1.807) is 5.01 Å². The lowest BCUT2D eigenvalue weighted by Gasteiger charge is -2.16. The van der Waals surface area contributed by atoms with Crippen LogP contribution in [0, 0.1) is 6.92 Å². The molecule has 0 aliphatic heterocycles. The molecule has 0 saturated carbocycles. The number of hydrogen-bond acceptors (Lipinski definition) is 2. The van der Waals surface area contributed by atoms with Gasteiger partial charge in [0, 0.05) is 19.3 Å². The maximum Gasteiger partial charge on any atom is 0.333 e. The molecule has 0 spiro atoms. The summed E-state index contributed by atoms with van der Waals surface area (Å²) in [5.41, 5.74) is 4.64. The predicted octanol–water partition coefficient (Wildman–Crippen LogP) is 1.98. The maximum absolute atomic E-state index is 11.4. The first-order chi connectivity index (χ1) is 7.11. The molecule has 4 nitrogen and oxygen atoms in total. The Balaban J connectivity index is 2.48. The van der Waals surface area contributed by atoms with Crippen molar-refractivity contribution in [2.24, 2.45) is 0 Å². The van der Waals surface area contributed by atoms with Crippen LogP contribution < -0.4 is 10.7 Å². The maximum atomic E-state index is 11.4. The van der Waals surface area contributed by atoms with Crippen molar-refractivity contribution in [3.05, 3.63) is 29.8 Å². The lowest BCUT2D eigenvalue weighted by Crippen LogP contribution is -2.41. The van der Waals surface area contributed by atoms with E-state index in [1.807, 2.05) is 45.2 Å². The zero-order valence-electron chi connectivity index (χ0n) is 9.37. The Morgan fingerprint density at radius 2 is 1.93 bits per heavy atom. The van der Waals surface area contributed by atoms with Crippen LogP contribution in [0.3, 0.4) is 0 Å². The lowest BCUT2D eigenvalue weighted by atomic mass is 10.2. The van der Waals surface area contributed by atoms with Crippen molar-refractivity contribution in [3.8, 4) is 0 Å². The summed E-state index contributed by atoms with van der Waals surface area (Å²) in [6.07, 6.45) is 0. The molecule has 0 radical (unpaired) electrons. The van der Waals surface area contributed by atoms with E-state index in [1.165, 1.54) is 5.56 Å². The van der Waals surface area contributed by atoms with Crippen LogP contribution in [0.2, 0.25) is 0 Å². The summed E-state index contributed by atoms with van der Waals surface area (Å²) >= 11 is 0. The fraction of sp³-hybridized carbons (Fsp3) is 0.364. The van der Waals surface area contributed by atoms with Crippen LogP contribution in [-0.4, -0.2) is 24.6 Å². The second-order valence-electron chi connectivity index (χ2n) is 3.45. The van der Waals surface area contributed by atoms with Crippen LogP contribution in [0.25, 0.3) is 0 Å². The predicted molar refractivity (Wildman–Crippen MR) is 61.6 cm³/mol. The van der Waals surface area contributed by atoms with Gasteiger partial charge in [0.15, 0.2) is 0 Å². The van der Waals surface area contributed by atoms with Gasteiger partial charge in [-0.25, -0.2) is 9.80 Å². The molecule has 1 rings (SSSR count). The van der Waals surface area contributed by atoms with E-state index in [0.29, 0.717) is 0 Å². The number of hydrogen-bond donors (Lipinski definition) is 2. The number of hydrazine groups is 1. The summed E-state index contributed by atoms with van der Waals surface area (Å²) < 4.78 is 0. The normalized spacial score (nSPS) is 10.1. The van der Waals surface area contributed by atoms with Gasteiger partial charge in [-0.15, -0.1) is 0 Å². The highest BCUT2D eigenvalue weighted by Gasteiger charge is 2.02. The third-order valence-corrected chi connectivity index (χ3v) is 2.08. The Morgan fingerprint density at radius 3 is 2.47 bits per heavy atom. The molecule has 0 atom stereocenters. The van der Waals surface area contributed by atoms with Gasteiger partial charge in [-0.3, -0.25) is 5.43 Å². The number of amides is 2. The highest BCUT2D eigenvalue weighted by molar-refractivity contribution is 5.88. The number of urea groups is 1. The van der Waals surface area contributed by atoms with E-state index in [4.69, 9.17) is 0 Å². The first-order valence-electron chi connectivity index (χ1n) is 4.97. The quantitative estimate of drug-likeness (QED) is 0.744. The Labute approximate surface area is 90.2 Å². The highest BCUT2D eigenvalue weighted by atomic mass is 16.2. The van der Waals surface area contributed by atoms with Gasteiger partial charge >= 0.3 is 6.03 Å². The summed E-state index contributed by atoms with van der Waals surface area (Å²) in [4.78, 5) is 11.4. The number of benzene rings is 1. The van der Waals surface area contributed by atoms with E-state index in [9.17, 15) is 4.79 Å². The molecular weight excluding hydrogens is 190 g/mol. The SMILES string of the molecule is CCN(C)NC(=O)Nc1ccc(C)cc1. The zero-order chi connectivity index (χ0) is 11.3. The minimum atomic E-state index is -0.219. The van der Waals surface area contributed by atoms with E-state index >= 15 is 0 Å². The number of anilines is 1. The van der Waals surface area contributed by atoms with Crippen molar-refractivity contribution in [1.82, 2.24) is 10.4 Å². The van der Waals surface area contributed by atoms with Gasteiger partial charge in [0.05, 0.1) is 0 Å². The van der Waals surface area contributed by atoms with Crippen molar-refractivity contribution < 1.29 is 4.79 Å². The summed E-state index contributed by atoms with van der Waals surface area (Å²) in [5.74, 6) is 0. The molecule has 15 heavy (non-hydrogen) atoms. The molecule has 1 aromatic rings.